The van der Waals surface area contributed by atoms with E-state index in [0.29, 0.717) is 6.54 Å². The second-order valence-electron chi connectivity index (χ2n) is 4.05. The van der Waals surface area contributed by atoms with Gasteiger partial charge in [0.1, 0.15) is 0 Å². The lowest BCUT2D eigenvalue weighted by Crippen LogP contribution is -2.44. The molecule has 1 saturated carbocycles. The van der Waals surface area contributed by atoms with Crippen LogP contribution in [0, 0.1) is 0 Å². The average Bonchev–Trinajstić information content (AvgIpc) is 2.12. The number of nitrogens with two attached hydrogens (primary N) is 1. The average molecular weight is 172 g/mol. The van der Waals surface area contributed by atoms with E-state index >= 15 is 0 Å². The van der Waals surface area contributed by atoms with Crippen LogP contribution < -0.4 is 5.84 Å². The Labute approximate surface area is 74.5 Å². The number of likely N-dealkylation sites (N-methyl/N-ethyl adjacent to an activating group) is 1. The molecule has 0 aromatic carbocycles. The first-order valence-electron chi connectivity index (χ1n) is 4.81. The summed E-state index contributed by atoms with van der Waals surface area (Å²) < 4.78 is 0. The van der Waals surface area contributed by atoms with Crippen LogP contribution >= 0.6 is 0 Å². The Hall–Kier alpha value is -0.120. The monoisotopic (exact) mass is 172 g/mol. The van der Waals surface area contributed by atoms with Gasteiger partial charge in [-0.2, -0.15) is 0 Å². The molecule has 0 saturated heterocycles. The fraction of sp³-hybridized carbons (Fsp3) is 1.00. The van der Waals surface area contributed by atoms with E-state index in [1.165, 1.54) is 12.8 Å². The first-order chi connectivity index (χ1) is 5.62. The van der Waals surface area contributed by atoms with Crippen molar-refractivity contribution in [3.63, 3.8) is 0 Å². The molecule has 0 aromatic rings. The third-order valence-corrected chi connectivity index (χ3v) is 2.58. The SMILES string of the molecule is CN(N)CC1(O)CCCCCC1. The van der Waals surface area contributed by atoms with E-state index in [-0.39, 0.29) is 0 Å². The van der Waals surface area contributed by atoms with Crippen molar-refractivity contribution in [1.29, 1.82) is 0 Å². The smallest absolute Gasteiger partial charge is 0.0787 e. The fourth-order valence-corrected chi connectivity index (χ4v) is 2.01. The molecule has 3 nitrogen and oxygen atoms in total. The van der Waals surface area contributed by atoms with Crippen molar-refractivity contribution in [1.82, 2.24) is 5.01 Å². The lowest BCUT2D eigenvalue weighted by Gasteiger charge is -2.29. The first kappa shape index (κ1) is 9.96. The van der Waals surface area contributed by atoms with Gasteiger partial charge in [-0.25, -0.2) is 5.01 Å². The minimum Gasteiger partial charge on any atom is -0.388 e. The lowest BCUT2D eigenvalue weighted by atomic mass is 9.94. The van der Waals surface area contributed by atoms with Crippen LogP contribution in [0.3, 0.4) is 0 Å². The quantitative estimate of drug-likeness (QED) is 0.369. The van der Waals surface area contributed by atoms with Gasteiger partial charge in [-0.3, -0.25) is 5.84 Å². The molecule has 1 rings (SSSR count). The minimum atomic E-state index is -0.514. The normalized spacial score (nSPS) is 24.0. The van der Waals surface area contributed by atoms with Crippen LogP contribution in [0.4, 0.5) is 0 Å². The summed E-state index contributed by atoms with van der Waals surface area (Å²) in [6.07, 6.45) is 6.63. The highest BCUT2D eigenvalue weighted by molar-refractivity contribution is 4.82. The van der Waals surface area contributed by atoms with Gasteiger partial charge >= 0.3 is 0 Å². The van der Waals surface area contributed by atoms with Gasteiger partial charge in [-0.1, -0.05) is 25.7 Å². The van der Waals surface area contributed by atoms with Crippen molar-refractivity contribution in [3.8, 4) is 0 Å². The van der Waals surface area contributed by atoms with Crippen LogP contribution in [0.25, 0.3) is 0 Å². The molecule has 0 unspecified atom stereocenters. The van der Waals surface area contributed by atoms with Gasteiger partial charge in [0.05, 0.1) is 5.60 Å². The van der Waals surface area contributed by atoms with Crippen LogP contribution in [0.5, 0.6) is 0 Å². The molecule has 0 atom stereocenters. The zero-order chi connectivity index (χ0) is 9.03. The Kier molecular flexibility index (Phi) is 3.50. The summed E-state index contributed by atoms with van der Waals surface area (Å²) in [6, 6.07) is 0. The summed E-state index contributed by atoms with van der Waals surface area (Å²) in [6.45, 7) is 0.604. The van der Waals surface area contributed by atoms with Gasteiger partial charge in [0, 0.05) is 13.6 Å². The van der Waals surface area contributed by atoms with Crippen molar-refractivity contribution in [2.75, 3.05) is 13.6 Å². The van der Waals surface area contributed by atoms with Crippen LogP contribution in [0.15, 0.2) is 0 Å². The minimum absolute atomic E-state index is 0.514. The highest BCUT2D eigenvalue weighted by Gasteiger charge is 2.28. The maximum absolute atomic E-state index is 10.1. The topological polar surface area (TPSA) is 49.5 Å². The van der Waals surface area contributed by atoms with Gasteiger partial charge in [-0.05, 0) is 12.8 Å². The molecule has 0 heterocycles. The lowest BCUT2D eigenvalue weighted by molar-refractivity contribution is -0.00335. The number of hydrazine groups is 1. The highest BCUT2D eigenvalue weighted by Crippen LogP contribution is 2.26. The van der Waals surface area contributed by atoms with Gasteiger partial charge in [0.25, 0.3) is 0 Å². The molecule has 0 amide bonds. The maximum Gasteiger partial charge on any atom is 0.0787 e. The molecule has 0 aliphatic heterocycles. The van der Waals surface area contributed by atoms with Gasteiger partial charge in [0.2, 0.25) is 0 Å². The summed E-state index contributed by atoms with van der Waals surface area (Å²) in [4.78, 5) is 0. The van der Waals surface area contributed by atoms with Crippen molar-refractivity contribution in [2.24, 2.45) is 5.84 Å². The summed E-state index contributed by atoms with van der Waals surface area (Å²) in [5.41, 5.74) is -0.514. The zero-order valence-corrected chi connectivity index (χ0v) is 7.92. The van der Waals surface area contributed by atoms with Crippen molar-refractivity contribution in [3.05, 3.63) is 0 Å². The molecule has 0 spiro atoms. The molecule has 0 radical (unpaired) electrons. The Balaban J connectivity index is 2.42. The molecule has 72 valence electrons. The highest BCUT2D eigenvalue weighted by atomic mass is 16.3. The van der Waals surface area contributed by atoms with E-state index in [9.17, 15) is 5.11 Å². The maximum atomic E-state index is 10.1. The molecular weight excluding hydrogens is 152 g/mol. The van der Waals surface area contributed by atoms with Crippen LogP contribution in [-0.2, 0) is 0 Å². The van der Waals surface area contributed by atoms with Gasteiger partial charge < -0.3 is 5.11 Å². The predicted molar refractivity (Wildman–Crippen MR) is 49.5 cm³/mol. The number of rotatable bonds is 2. The Morgan fingerprint density at radius 2 is 1.75 bits per heavy atom. The predicted octanol–water partition coefficient (Wildman–Crippen LogP) is 0.877. The second kappa shape index (κ2) is 4.21. The van der Waals surface area contributed by atoms with E-state index < -0.39 is 5.60 Å². The van der Waals surface area contributed by atoms with E-state index in [4.69, 9.17) is 5.84 Å². The molecule has 3 N–H and O–H groups in total. The van der Waals surface area contributed by atoms with Crippen LogP contribution in [0.1, 0.15) is 38.5 Å². The van der Waals surface area contributed by atoms with E-state index in [0.717, 1.165) is 25.7 Å². The van der Waals surface area contributed by atoms with Crippen molar-refractivity contribution >= 4 is 0 Å². The first-order valence-corrected chi connectivity index (χ1v) is 4.81. The number of nitrogens with zero attached hydrogens (tertiary/aromatic N) is 1. The third kappa shape index (κ3) is 3.09. The standard InChI is InChI=1S/C9H20N2O/c1-11(10)8-9(12)6-4-2-3-5-7-9/h12H,2-8,10H2,1H3. The summed E-state index contributed by atoms with van der Waals surface area (Å²) in [7, 11) is 1.81. The molecular formula is C9H20N2O. The van der Waals surface area contributed by atoms with Crippen molar-refractivity contribution < 1.29 is 5.11 Å². The number of aliphatic hydroxyl groups is 1. The van der Waals surface area contributed by atoms with Crippen LogP contribution in [0.2, 0.25) is 0 Å². The molecule has 1 aliphatic rings. The Morgan fingerprint density at radius 1 is 1.25 bits per heavy atom. The largest absolute Gasteiger partial charge is 0.388 e. The summed E-state index contributed by atoms with van der Waals surface area (Å²) in [5, 5.41) is 11.7. The Morgan fingerprint density at radius 3 is 2.17 bits per heavy atom. The van der Waals surface area contributed by atoms with E-state index in [1.54, 1.807) is 5.01 Å². The molecule has 0 bridgehead atoms. The summed E-state index contributed by atoms with van der Waals surface area (Å²) in [5.74, 6) is 5.53. The summed E-state index contributed by atoms with van der Waals surface area (Å²) >= 11 is 0. The number of hydrogen-bond donors (Lipinski definition) is 2. The van der Waals surface area contributed by atoms with Crippen LogP contribution in [-0.4, -0.2) is 29.3 Å². The van der Waals surface area contributed by atoms with Crippen molar-refractivity contribution in [2.45, 2.75) is 44.1 Å². The number of hydrogen-bond acceptors (Lipinski definition) is 3. The molecule has 1 aliphatic carbocycles. The van der Waals surface area contributed by atoms with E-state index in [2.05, 4.69) is 0 Å². The van der Waals surface area contributed by atoms with Gasteiger partial charge in [-0.15, -0.1) is 0 Å². The van der Waals surface area contributed by atoms with Gasteiger partial charge in [0.15, 0.2) is 0 Å². The Bertz CT molecular complexity index is 128. The third-order valence-electron chi connectivity index (χ3n) is 2.58. The second-order valence-corrected chi connectivity index (χ2v) is 4.05. The zero-order valence-electron chi connectivity index (χ0n) is 7.92. The molecule has 3 heteroatoms. The molecule has 0 aromatic heterocycles. The fourth-order valence-electron chi connectivity index (χ4n) is 2.01. The molecule has 12 heavy (non-hydrogen) atoms. The van der Waals surface area contributed by atoms with E-state index in [1.807, 2.05) is 7.05 Å². The molecule has 1 fully saturated rings.